The summed E-state index contributed by atoms with van der Waals surface area (Å²) in [7, 11) is 3.63. The van der Waals surface area contributed by atoms with Gasteiger partial charge in [0.15, 0.2) is 11.5 Å². The van der Waals surface area contributed by atoms with Crippen molar-refractivity contribution in [2.75, 3.05) is 27.2 Å². The van der Waals surface area contributed by atoms with E-state index in [4.69, 9.17) is 13.9 Å². The third-order valence-electron chi connectivity index (χ3n) is 9.05. The van der Waals surface area contributed by atoms with Gasteiger partial charge in [0.05, 0.1) is 31.1 Å². The summed E-state index contributed by atoms with van der Waals surface area (Å²) in [5.41, 5.74) is 4.96. The van der Waals surface area contributed by atoms with Crippen molar-refractivity contribution in [1.29, 1.82) is 0 Å². The topological polar surface area (TPSA) is 55.2 Å². The van der Waals surface area contributed by atoms with E-state index in [0.29, 0.717) is 6.04 Å². The number of likely N-dealkylation sites (N-methyl/N-ethyl adjacent to an activating group) is 1. The lowest BCUT2D eigenvalue weighted by molar-refractivity contribution is -0.129. The third kappa shape index (κ3) is 3.08. The predicted octanol–water partition coefficient (Wildman–Crippen LogP) is 4.20. The molecule has 6 heteroatoms. The molecular formula is C29H32N2O4. The van der Waals surface area contributed by atoms with Crippen molar-refractivity contribution in [1.82, 2.24) is 9.80 Å². The molecule has 0 radical (unpaired) electrons. The highest BCUT2D eigenvalue weighted by molar-refractivity contribution is 5.92. The minimum atomic E-state index is -0.173. The quantitative estimate of drug-likeness (QED) is 0.466. The molecule has 5 aliphatic rings. The number of carbonyl (C=O) groups is 1. The Labute approximate surface area is 206 Å². The van der Waals surface area contributed by atoms with Crippen LogP contribution in [0.4, 0.5) is 0 Å². The Bertz CT molecular complexity index is 1230. The molecule has 1 amide bonds. The van der Waals surface area contributed by atoms with Crippen LogP contribution < -0.4 is 9.47 Å². The maximum atomic E-state index is 13.2. The van der Waals surface area contributed by atoms with Gasteiger partial charge in [0, 0.05) is 43.4 Å². The molecule has 182 valence electrons. The zero-order chi connectivity index (χ0) is 23.7. The molecule has 35 heavy (non-hydrogen) atoms. The van der Waals surface area contributed by atoms with Crippen LogP contribution in [0.5, 0.6) is 11.5 Å². The Morgan fingerprint density at radius 3 is 2.97 bits per heavy atom. The number of benzene rings is 1. The molecule has 1 saturated heterocycles. The van der Waals surface area contributed by atoms with Gasteiger partial charge in [0.1, 0.15) is 6.10 Å². The number of hydrogen-bond donors (Lipinski definition) is 0. The first kappa shape index (κ1) is 21.3. The van der Waals surface area contributed by atoms with Crippen molar-refractivity contribution in [3.8, 4) is 11.5 Å². The smallest absolute Gasteiger partial charge is 0.246 e. The van der Waals surface area contributed by atoms with E-state index >= 15 is 0 Å². The fraction of sp³-hybridized carbons (Fsp3) is 0.483. The molecule has 1 spiro atoms. The highest BCUT2D eigenvalue weighted by Gasteiger charge is 2.63. The second-order valence-electron chi connectivity index (χ2n) is 10.9. The minimum Gasteiger partial charge on any atom is -0.493 e. The van der Waals surface area contributed by atoms with Crippen LogP contribution in [0.3, 0.4) is 0 Å². The van der Waals surface area contributed by atoms with Gasteiger partial charge in [-0.05, 0) is 67.4 Å². The van der Waals surface area contributed by atoms with E-state index in [0.717, 1.165) is 48.8 Å². The second-order valence-corrected chi connectivity index (χ2v) is 10.9. The molecule has 2 bridgehead atoms. The molecular weight excluding hydrogens is 440 g/mol. The molecule has 7 rings (SSSR count). The van der Waals surface area contributed by atoms with Crippen molar-refractivity contribution >= 4 is 12.0 Å². The van der Waals surface area contributed by atoms with Crippen LogP contribution in [0.15, 0.2) is 52.9 Å². The van der Waals surface area contributed by atoms with E-state index in [1.54, 1.807) is 25.7 Å². The lowest BCUT2D eigenvalue weighted by Crippen LogP contribution is -2.64. The fourth-order valence-corrected chi connectivity index (χ4v) is 7.18. The summed E-state index contributed by atoms with van der Waals surface area (Å²) >= 11 is 0. The Morgan fingerprint density at radius 1 is 1.31 bits per heavy atom. The van der Waals surface area contributed by atoms with Crippen molar-refractivity contribution in [2.24, 2.45) is 5.92 Å². The second kappa shape index (κ2) is 7.76. The Kier molecular flexibility index (Phi) is 4.72. The number of hydrogen-bond acceptors (Lipinski definition) is 5. The summed E-state index contributed by atoms with van der Waals surface area (Å²) < 4.78 is 17.7. The summed E-state index contributed by atoms with van der Waals surface area (Å²) in [5, 5.41) is 0. The molecule has 1 aromatic carbocycles. The number of likely N-dealkylation sites (tertiary alicyclic amines) is 1. The molecule has 2 aromatic rings. The lowest BCUT2D eigenvalue weighted by Gasteiger charge is -2.56. The monoisotopic (exact) mass is 472 g/mol. The van der Waals surface area contributed by atoms with Gasteiger partial charge in [0.2, 0.25) is 5.91 Å². The summed E-state index contributed by atoms with van der Waals surface area (Å²) in [6.07, 6.45) is 14.7. The van der Waals surface area contributed by atoms with Crippen molar-refractivity contribution in [2.45, 2.75) is 55.7 Å². The lowest BCUT2D eigenvalue weighted by atomic mass is 9.55. The molecule has 6 nitrogen and oxygen atoms in total. The molecule has 4 atom stereocenters. The molecule has 2 aliphatic heterocycles. The SMILES string of the molecule is COc1ccc2c3c1O[C@H]1[C@H](N(C)C(=O)/C=C/c4ccoc4)CC=C4[C@@H](C2)N(CC2CC2)CC[C@]431. The standard InChI is InChI=1S/C29H32N2O4/c1-30(25(32)10-5-19-11-14-34-17-19)22-8-7-21-23-15-20-6-9-24(33-2)27-26(20)29(21,28(22)35-27)12-13-31(23)16-18-3-4-18/h5-7,9-11,14,17-18,22-23,28H,3-4,8,12-13,15-16H2,1-2H3/b10-5+/t22-,23-,28+,29+/m1/s1. The predicted molar refractivity (Wildman–Crippen MR) is 132 cm³/mol. The number of carbonyl (C=O) groups excluding carboxylic acids is 1. The maximum Gasteiger partial charge on any atom is 0.246 e. The van der Waals surface area contributed by atoms with E-state index in [9.17, 15) is 4.79 Å². The van der Waals surface area contributed by atoms with Crippen LogP contribution >= 0.6 is 0 Å². The molecule has 0 unspecified atom stereocenters. The van der Waals surface area contributed by atoms with Gasteiger partial charge in [-0.25, -0.2) is 0 Å². The van der Waals surface area contributed by atoms with Crippen molar-refractivity contribution in [3.05, 3.63) is 65.1 Å². The van der Waals surface area contributed by atoms with E-state index in [-0.39, 0.29) is 23.5 Å². The van der Waals surface area contributed by atoms with E-state index in [1.807, 2.05) is 24.1 Å². The zero-order valence-corrected chi connectivity index (χ0v) is 20.4. The van der Waals surface area contributed by atoms with Gasteiger partial charge in [0.25, 0.3) is 0 Å². The number of furan rings is 1. The van der Waals surface area contributed by atoms with Gasteiger partial charge in [-0.3, -0.25) is 9.69 Å². The first-order valence-electron chi connectivity index (χ1n) is 12.9. The highest BCUT2D eigenvalue weighted by atomic mass is 16.5. The number of nitrogens with zero attached hydrogens (tertiary/aromatic N) is 2. The average molecular weight is 473 g/mol. The van der Waals surface area contributed by atoms with Crippen LogP contribution in [0, 0.1) is 5.92 Å². The summed E-state index contributed by atoms with van der Waals surface area (Å²) in [5.74, 6) is 2.56. The molecule has 1 aromatic heterocycles. The van der Waals surface area contributed by atoms with Crippen LogP contribution in [0.25, 0.3) is 6.08 Å². The summed E-state index contributed by atoms with van der Waals surface area (Å²) in [6, 6.07) is 6.56. The molecule has 3 heterocycles. The number of amides is 1. The highest BCUT2D eigenvalue weighted by Crippen LogP contribution is 2.63. The van der Waals surface area contributed by atoms with Crippen LogP contribution in [0.1, 0.15) is 42.4 Å². The summed E-state index contributed by atoms with van der Waals surface area (Å²) in [6.45, 7) is 2.29. The number of methoxy groups -OCH3 is 1. The van der Waals surface area contributed by atoms with Crippen molar-refractivity contribution < 1.29 is 18.7 Å². The maximum absolute atomic E-state index is 13.2. The number of ether oxygens (including phenoxy) is 2. The van der Waals surface area contributed by atoms with Gasteiger partial charge >= 0.3 is 0 Å². The fourth-order valence-electron chi connectivity index (χ4n) is 7.18. The molecule has 0 N–H and O–H groups in total. The minimum absolute atomic E-state index is 0.0188. The Morgan fingerprint density at radius 2 is 2.20 bits per heavy atom. The van der Waals surface area contributed by atoms with Gasteiger partial charge in [-0.1, -0.05) is 12.1 Å². The first-order valence-corrected chi connectivity index (χ1v) is 12.9. The van der Waals surface area contributed by atoms with E-state index in [2.05, 4.69) is 23.1 Å². The largest absolute Gasteiger partial charge is 0.493 e. The normalized spacial score (nSPS) is 30.6. The van der Waals surface area contributed by atoms with Crippen LogP contribution in [-0.2, 0) is 16.6 Å². The zero-order valence-electron chi connectivity index (χ0n) is 20.4. The van der Waals surface area contributed by atoms with E-state index in [1.165, 1.54) is 36.1 Å². The molecule has 1 saturated carbocycles. The Balaban J connectivity index is 1.28. The number of rotatable bonds is 6. The summed E-state index contributed by atoms with van der Waals surface area (Å²) in [4.78, 5) is 17.8. The van der Waals surface area contributed by atoms with Crippen LogP contribution in [-0.4, -0.2) is 61.1 Å². The Hall–Kier alpha value is -2.99. The van der Waals surface area contributed by atoms with E-state index < -0.39 is 0 Å². The van der Waals surface area contributed by atoms with Gasteiger partial charge in [-0.15, -0.1) is 0 Å². The third-order valence-corrected chi connectivity index (χ3v) is 9.05. The number of piperidine rings is 1. The molecule has 3 aliphatic carbocycles. The van der Waals surface area contributed by atoms with Crippen LogP contribution in [0.2, 0.25) is 0 Å². The first-order chi connectivity index (χ1) is 17.1. The van der Waals surface area contributed by atoms with Gasteiger partial charge < -0.3 is 18.8 Å². The molecule has 2 fully saturated rings. The van der Waals surface area contributed by atoms with Crippen molar-refractivity contribution in [3.63, 3.8) is 0 Å². The van der Waals surface area contributed by atoms with Gasteiger partial charge in [-0.2, -0.15) is 0 Å². The average Bonchev–Trinajstić information content (AvgIpc) is 3.40.